The van der Waals surface area contributed by atoms with E-state index in [4.69, 9.17) is 9.15 Å². The molecule has 1 aromatic heterocycles. The molecule has 0 aliphatic rings. The quantitative estimate of drug-likeness (QED) is 0.492. The van der Waals surface area contributed by atoms with Crippen molar-refractivity contribution in [1.29, 1.82) is 0 Å². The van der Waals surface area contributed by atoms with Crippen LogP contribution in [0.1, 0.15) is 12.7 Å². The van der Waals surface area contributed by atoms with Crippen LogP contribution in [0, 0.1) is 5.82 Å². The van der Waals surface area contributed by atoms with Crippen LogP contribution in [0.25, 0.3) is 11.3 Å². The molecular weight excluding hydrogens is 349 g/mol. The van der Waals surface area contributed by atoms with Gasteiger partial charge in [-0.1, -0.05) is 12.1 Å². The lowest BCUT2D eigenvalue weighted by Gasteiger charge is -2.06. The summed E-state index contributed by atoms with van der Waals surface area (Å²) in [6.07, 6.45) is 1.36. The highest BCUT2D eigenvalue weighted by Crippen LogP contribution is 2.22. The second-order valence-corrected chi connectivity index (χ2v) is 5.49. The highest BCUT2D eigenvalue weighted by molar-refractivity contribution is 5.90. The molecule has 0 unspecified atom stereocenters. The van der Waals surface area contributed by atoms with Gasteiger partial charge in [-0.25, -0.2) is 14.6 Å². The predicted molar refractivity (Wildman–Crippen MR) is 101 cm³/mol. The van der Waals surface area contributed by atoms with Crippen molar-refractivity contribution >= 4 is 17.9 Å². The number of hydrogen-bond acceptors (Lipinski definition) is 4. The van der Waals surface area contributed by atoms with Gasteiger partial charge in [0.2, 0.25) is 0 Å². The van der Waals surface area contributed by atoms with E-state index in [0.717, 1.165) is 5.75 Å². The first-order valence-corrected chi connectivity index (χ1v) is 8.33. The third-order valence-corrected chi connectivity index (χ3v) is 3.52. The zero-order chi connectivity index (χ0) is 19.1. The van der Waals surface area contributed by atoms with Crippen LogP contribution in [0.4, 0.5) is 14.9 Å². The van der Waals surface area contributed by atoms with Crippen LogP contribution in [-0.4, -0.2) is 18.9 Å². The molecule has 0 saturated carbocycles. The van der Waals surface area contributed by atoms with Gasteiger partial charge >= 0.3 is 6.03 Å². The number of nitrogens with zero attached hydrogens (tertiary/aromatic N) is 1. The average Bonchev–Trinajstić information content (AvgIpc) is 3.13. The molecule has 3 aromatic rings. The molecule has 0 bridgehead atoms. The van der Waals surface area contributed by atoms with Crippen LogP contribution in [-0.2, 0) is 0 Å². The van der Waals surface area contributed by atoms with E-state index in [1.54, 1.807) is 48.5 Å². The number of amides is 2. The Bertz CT molecular complexity index is 936. The minimum absolute atomic E-state index is 0.341. The first-order chi connectivity index (χ1) is 13.1. The number of ether oxygens (including phenoxy) is 1. The molecule has 0 atom stereocenters. The Kier molecular flexibility index (Phi) is 5.84. The second-order valence-electron chi connectivity index (χ2n) is 5.49. The lowest BCUT2D eigenvalue weighted by atomic mass is 10.2. The Morgan fingerprint density at radius 3 is 2.74 bits per heavy atom. The number of carbonyl (C=O) groups is 1. The van der Waals surface area contributed by atoms with Crippen LogP contribution < -0.4 is 15.5 Å². The van der Waals surface area contributed by atoms with E-state index in [1.807, 2.05) is 6.92 Å². The Labute approximate surface area is 155 Å². The monoisotopic (exact) mass is 367 g/mol. The second kappa shape index (κ2) is 8.66. The largest absolute Gasteiger partial charge is 0.494 e. The minimum Gasteiger partial charge on any atom is -0.494 e. The average molecular weight is 367 g/mol. The van der Waals surface area contributed by atoms with Crippen molar-refractivity contribution in [3.8, 4) is 17.1 Å². The number of rotatable bonds is 6. The van der Waals surface area contributed by atoms with Crippen LogP contribution in [0.5, 0.6) is 5.75 Å². The first kappa shape index (κ1) is 18.2. The number of anilines is 1. The van der Waals surface area contributed by atoms with Gasteiger partial charge in [0.25, 0.3) is 0 Å². The number of hydrazone groups is 1. The van der Waals surface area contributed by atoms with Crippen molar-refractivity contribution in [3.63, 3.8) is 0 Å². The molecule has 0 radical (unpaired) electrons. The standard InChI is InChI=1S/C20H18FN3O3/c1-2-26-17-8-6-16(7-9-17)23-20(25)24-22-13-18-10-11-19(27-18)14-4-3-5-15(21)12-14/h3-13H,2H2,1H3,(H2,23,24,25)/b22-13+. The lowest BCUT2D eigenvalue weighted by molar-refractivity contribution is 0.252. The van der Waals surface area contributed by atoms with Crippen molar-refractivity contribution < 1.29 is 18.3 Å². The maximum Gasteiger partial charge on any atom is 0.339 e. The molecule has 0 saturated heterocycles. The predicted octanol–water partition coefficient (Wildman–Crippen LogP) is 4.64. The first-order valence-electron chi connectivity index (χ1n) is 8.33. The number of carbonyl (C=O) groups excluding carboxylic acids is 1. The fraction of sp³-hybridized carbons (Fsp3) is 0.100. The maximum absolute atomic E-state index is 13.3. The molecule has 6 nitrogen and oxygen atoms in total. The Morgan fingerprint density at radius 2 is 2.00 bits per heavy atom. The van der Waals surface area contributed by atoms with Crippen LogP contribution >= 0.6 is 0 Å². The van der Waals surface area contributed by atoms with E-state index in [9.17, 15) is 9.18 Å². The Morgan fingerprint density at radius 1 is 1.19 bits per heavy atom. The fourth-order valence-corrected chi connectivity index (χ4v) is 2.33. The molecule has 3 rings (SSSR count). The van der Waals surface area contributed by atoms with Crippen molar-refractivity contribution in [1.82, 2.24) is 5.43 Å². The van der Waals surface area contributed by atoms with Crippen LogP contribution in [0.3, 0.4) is 0 Å². The number of hydrogen-bond donors (Lipinski definition) is 2. The number of furan rings is 1. The van der Waals surface area contributed by atoms with E-state index in [2.05, 4.69) is 15.8 Å². The number of halogens is 1. The lowest BCUT2D eigenvalue weighted by Crippen LogP contribution is -2.24. The van der Waals surface area contributed by atoms with E-state index in [0.29, 0.717) is 29.4 Å². The molecule has 2 amide bonds. The maximum atomic E-state index is 13.3. The van der Waals surface area contributed by atoms with Gasteiger partial charge in [-0.2, -0.15) is 5.10 Å². The third-order valence-electron chi connectivity index (χ3n) is 3.52. The van der Waals surface area contributed by atoms with E-state index in [1.165, 1.54) is 18.3 Å². The molecule has 1 heterocycles. The zero-order valence-corrected chi connectivity index (χ0v) is 14.6. The van der Waals surface area contributed by atoms with Gasteiger partial charge in [0.05, 0.1) is 12.8 Å². The molecule has 0 aliphatic heterocycles. The summed E-state index contributed by atoms with van der Waals surface area (Å²) in [6, 6.07) is 16.0. The van der Waals surface area contributed by atoms with Crippen molar-refractivity contribution in [2.45, 2.75) is 6.92 Å². The van der Waals surface area contributed by atoms with Gasteiger partial charge in [-0.15, -0.1) is 0 Å². The molecule has 138 valence electrons. The summed E-state index contributed by atoms with van der Waals surface area (Å²) in [7, 11) is 0. The van der Waals surface area contributed by atoms with Crippen molar-refractivity contribution in [3.05, 3.63) is 72.2 Å². The van der Waals surface area contributed by atoms with Gasteiger partial charge in [0.15, 0.2) is 0 Å². The summed E-state index contributed by atoms with van der Waals surface area (Å²) in [5, 5.41) is 6.47. The SMILES string of the molecule is CCOc1ccc(NC(=O)N/N=C/c2ccc(-c3cccc(F)c3)o2)cc1. The van der Waals surface area contributed by atoms with E-state index < -0.39 is 6.03 Å². The van der Waals surface area contributed by atoms with E-state index in [-0.39, 0.29) is 5.82 Å². The highest BCUT2D eigenvalue weighted by atomic mass is 19.1. The Balaban J connectivity index is 1.53. The zero-order valence-electron chi connectivity index (χ0n) is 14.6. The normalized spacial score (nSPS) is 10.7. The van der Waals surface area contributed by atoms with Crippen molar-refractivity contribution in [2.75, 3.05) is 11.9 Å². The van der Waals surface area contributed by atoms with Gasteiger partial charge in [-0.3, -0.25) is 0 Å². The molecule has 2 aromatic carbocycles. The van der Waals surface area contributed by atoms with Crippen molar-refractivity contribution in [2.24, 2.45) is 5.10 Å². The topological polar surface area (TPSA) is 75.9 Å². The molecule has 7 heteroatoms. The summed E-state index contributed by atoms with van der Waals surface area (Å²) in [5.41, 5.74) is 3.58. The van der Waals surface area contributed by atoms with Crippen LogP contribution in [0.15, 0.2) is 70.2 Å². The summed E-state index contributed by atoms with van der Waals surface area (Å²) in [4.78, 5) is 11.8. The molecule has 0 fully saturated rings. The summed E-state index contributed by atoms with van der Waals surface area (Å²) < 4.78 is 24.2. The Hall–Kier alpha value is -3.61. The molecule has 0 aliphatic carbocycles. The van der Waals surface area contributed by atoms with Gasteiger partial charge in [0.1, 0.15) is 23.1 Å². The molecule has 2 N–H and O–H groups in total. The minimum atomic E-state index is -0.493. The van der Waals surface area contributed by atoms with Gasteiger partial charge < -0.3 is 14.5 Å². The molecular formula is C20H18FN3O3. The molecule has 0 spiro atoms. The number of benzene rings is 2. The highest BCUT2D eigenvalue weighted by Gasteiger charge is 2.05. The number of urea groups is 1. The van der Waals surface area contributed by atoms with E-state index >= 15 is 0 Å². The third kappa shape index (κ3) is 5.18. The van der Waals surface area contributed by atoms with Crippen LogP contribution in [0.2, 0.25) is 0 Å². The molecule has 27 heavy (non-hydrogen) atoms. The van der Waals surface area contributed by atoms with Gasteiger partial charge in [0, 0.05) is 11.3 Å². The fourth-order valence-electron chi connectivity index (χ4n) is 2.33. The summed E-state index contributed by atoms with van der Waals surface area (Å²) in [6.45, 7) is 2.48. The summed E-state index contributed by atoms with van der Waals surface area (Å²) in [5.74, 6) is 1.32. The van der Waals surface area contributed by atoms with Gasteiger partial charge in [-0.05, 0) is 55.5 Å². The smallest absolute Gasteiger partial charge is 0.339 e. The summed E-state index contributed by atoms with van der Waals surface area (Å²) >= 11 is 0. The number of nitrogens with one attached hydrogen (secondary N) is 2.